The number of imidazole rings is 1. The average Bonchev–Trinajstić information content (AvgIpc) is 3.02. The van der Waals surface area contributed by atoms with Gasteiger partial charge in [0, 0.05) is 23.6 Å². The molecule has 8 nitrogen and oxygen atoms in total. The lowest BCUT2D eigenvalue weighted by Crippen LogP contribution is -2.43. The number of rotatable bonds is 4. The summed E-state index contributed by atoms with van der Waals surface area (Å²) in [7, 11) is 1.60. The number of aryl methyl sites for hydroxylation is 1. The Morgan fingerprint density at radius 3 is 2.79 bits per heavy atom. The van der Waals surface area contributed by atoms with Gasteiger partial charge in [-0.25, -0.2) is 4.79 Å². The minimum absolute atomic E-state index is 0.0348. The predicted octanol–water partition coefficient (Wildman–Crippen LogP) is 1.92. The maximum Gasteiger partial charge on any atom is 0.329 e. The molecular formula is C19H23BrN6O2. The Kier molecular flexibility index (Phi) is 5.11. The number of halogens is 1. The van der Waals surface area contributed by atoms with Crippen LogP contribution in [0.1, 0.15) is 31.2 Å². The molecule has 0 saturated heterocycles. The van der Waals surface area contributed by atoms with Crippen LogP contribution < -0.4 is 22.3 Å². The van der Waals surface area contributed by atoms with Crippen molar-refractivity contribution in [2.45, 2.75) is 44.3 Å². The number of aromatic nitrogens is 4. The molecule has 2 heterocycles. The third-order valence-corrected chi connectivity index (χ3v) is 6.20. The number of nitrogens with zero attached hydrogens (tertiary/aromatic N) is 3. The highest BCUT2D eigenvalue weighted by Gasteiger charge is 2.25. The molecule has 148 valence electrons. The van der Waals surface area contributed by atoms with Gasteiger partial charge in [-0.3, -0.25) is 18.9 Å². The number of anilines is 1. The van der Waals surface area contributed by atoms with E-state index in [0.29, 0.717) is 23.7 Å². The molecule has 0 radical (unpaired) electrons. The lowest BCUT2D eigenvalue weighted by atomic mass is 9.91. The first kappa shape index (κ1) is 18.9. The zero-order valence-electron chi connectivity index (χ0n) is 15.6. The van der Waals surface area contributed by atoms with Crippen LogP contribution in [0, 0.1) is 0 Å². The molecule has 9 heteroatoms. The van der Waals surface area contributed by atoms with Crippen molar-refractivity contribution in [1.29, 1.82) is 0 Å². The van der Waals surface area contributed by atoms with Gasteiger partial charge in [0.25, 0.3) is 5.56 Å². The third kappa shape index (κ3) is 3.40. The third-order valence-electron chi connectivity index (χ3n) is 5.43. The van der Waals surface area contributed by atoms with Crippen molar-refractivity contribution >= 4 is 33.0 Å². The maximum absolute atomic E-state index is 12.6. The van der Waals surface area contributed by atoms with Gasteiger partial charge in [-0.1, -0.05) is 47.0 Å². The highest BCUT2D eigenvalue weighted by Crippen LogP contribution is 2.25. The molecule has 2 unspecified atom stereocenters. The fraction of sp³-hybridized carbons (Fsp3) is 0.421. The molecule has 0 spiro atoms. The molecule has 2 aromatic heterocycles. The lowest BCUT2D eigenvalue weighted by Gasteiger charge is -2.29. The SMILES string of the molecule is Cn1c(=O)[nH]c(=O)c2c1nc(NC1CCCCC1N)n2Cc1ccccc1Br. The van der Waals surface area contributed by atoms with Crippen LogP contribution in [0.15, 0.2) is 38.3 Å². The zero-order chi connectivity index (χ0) is 19.8. The molecule has 0 amide bonds. The number of H-pyrrole nitrogens is 1. The summed E-state index contributed by atoms with van der Waals surface area (Å²) in [5, 5.41) is 3.45. The maximum atomic E-state index is 12.6. The first-order chi connectivity index (χ1) is 13.5. The number of hydrogen-bond donors (Lipinski definition) is 3. The van der Waals surface area contributed by atoms with E-state index in [0.717, 1.165) is 35.7 Å². The van der Waals surface area contributed by atoms with Crippen LogP contribution in [0.2, 0.25) is 0 Å². The van der Waals surface area contributed by atoms with Crippen LogP contribution in [0.4, 0.5) is 5.95 Å². The van der Waals surface area contributed by atoms with E-state index in [-0.39, 0.29) is 12.1 Å². The average molecular weight is 447 g/mol. The fourth-order valence-electron chi connectivity index (χ4n) is 3.80. The molecule has 1 saturated carbocycles. The monoisotopic (exact) mass is 446 g/mol. The van der Waals surface area contributed by atoms with Crippen LogP contribution in [-0.2, 0) is 13.6 Å². The molecule has 4 rings (SSSR count). The number of benzene rings is 1. The van der Waals surface area contributed by atoms with Crippen LogP contribution in [-0.4, -0.2) is 31.2 Å². The van der Waals surface area contributed by atoms with Crippen molar-refractivity contribution in [3.63, 3.8) is 0 Å². The van der Waals surface area contributed by atoms with E-state index in [9.17, 15) is 9.59 Å². The topological polar surface area (TPSA) is 111 Å². The van der Waals surface area contributed by atoms with Crippen molar-refractivity contribution in [2.75, 3.05) is 5.32 Å². The molecule has 1 fully saturated rings. The summed E-state index contributed by atoms with van der Waals surface area (Å²) in [4.78, 5) is 31.6. The van der Waals surface area contributed by atoms with E-state index in [1.807, 2.05) is 28.8 Å². The summed E-state index contributed by atoms with van der Waals surface area (Å²) in [5.74, 6) is 0.555. The Morgan fingerprint density at radius 1 is 1.29 bits per heavy atom. The summed E-state index contributed by atoms with van der Waals surface area (Å²) >= 11 is 3.57. The molecule has 1 aliphatic rings. The Morgan fingerprint density at radius 2 is 2.04 bits per heavy atom. The van der Waals surface area contributed by atoms with Crippen molar-refractivity contribution < 1.29 is 0 Å². The largest absolute Gasteiger partial charge is 0.351 e. The molecule has 1 aromatic carbocycles. The summed E-state index contributed by atoms with van der Waals surface area (Å²) in [6, 6.07) is 7.95. The fourth-order valence-corrected chi connectivity index (χ4v) is 4.21. The summed E-state index contributed by atoms with van der Waals surface area (Å²) < 4.78 is 4.13. The molecular weight excluding hydrogens is 424 g/mol. The normalized spacial score (nSPS) is 19.8. The van der Waals surface area contributed by atoms with Crippen molar-refractivity contribution in [2.24, 2.45) is 12.8 Å². The van der Waals surface area contributed by atoms with E-state index in [2.05, 4.69) is 31.2 Å². The van der Waals surface area contributed by atoms with Crippen LogP contribution >= 0.6 is 15.9 Å². The van der Waals surface area contributed by atoms with Crippen molar-refractivity contribution in [1.82, 2.24) is 19.1 Å². The van der Waals surface area contributed by atoms with Gasteiger partial charge < -0.3 is 11.1 Å². The number of hydrogen-bond acceptors (Lipinski definition) is 5. The van der Waals surface area contributed by atoms with Crippen LogP contribution in [0.5, 0.6) is 0 Å². The molecule has 4 N–H and O–H groups in total. The molecule has 0 aliphatic heterocycles. The predicted molar refractivity (Wildman–Crippen MR) is 113 cm³/mol. The van der Waals surface area contributed by atoms with Gasteiger partial charge in [0.05, 0.1) is 6.54 Å². The van der Waals surface area contributed by atoms with Gasteiger partial charge >= 0.3 is 5.69 Å². The van der Waals surface area contributed by atoms with Crippen molar-refractivity contribution in [3.8, 4) is 0 Å². The van der Waals surface area contributed by atoms with Gasteiger partial charge in [-0.2, -0.15) is 4.98 Å². The number of nitrogens with one attached hydrogen (secondary N) is 2. The smallest absolute Gasteiger partial charge is 0.329 e. The highest BCUT2D eigenvalue weighted by molar-refractivity contribution is 9.10. The molecule has 0 bridgehead atoms. The Balaban J connectivity index is 1.86. The lowest BCUT2D eigenvalue weighted by molar-refractivity contribution is 0.401. The molecule has 28 heavy (non-hydrogen) atoms. The van der Waals surface area contributed by atoms with Gasteiger partial charge in [-0.05, 0) is 24.5 Å². The number of aromatic amines is 1. The minimum Gasteiger partial charge on any atom is -0.351 e. The number of fused-ring (bicyclic) bond motifs is 1. The van der Waals surface area contributed by atoms with E-state index in [1.165, 1.54) is 4.57 Å². The Labute approximate surface area is 169 Å². The van der Waals surface area contributed by atoms with Gasteiger partial charge in [0.1, 0.15) is 0 Å². The van der Waals surface area contributed by atoms with Crippen LogP contribution in [0.25, 0.3) is 11.2 Å². The number of nitrogens with two attached hydrogens (primary N) is 1. The van der Waals surface area contributed by atoms with E-state index in [4.69, 9.17) is 5.73 Å². The minimum atomic E-state index is -0.482. The Hall–Kier alpha value is -2.39. The molecule has 2 atom stereocenters. The van der Waals surface area contributed by atoms with E-state index < -0.39 is 11.2 Å². The summed E-state index contributed by atoms with van der Waals surface area (Å²) in [5.41, 5.74) is 7.10. The second-order valence-electron chi connectivity index (χ2n) is 7.30. The van der Waals surface area contributed by atoms with Crippen LogP contribution in [0.3, 0.4) is 0 Å². The summed E-state index contributed by atoms with van der Waals surface area (Å²) in [6.45, 7) is 0.434. The van der Waals surface area contributed by atoms with Crippen molar-refractivity contribution in [3.05, 3.63) is 55.1 Å². The molecule has 1 aliphatic carbocycles. The second-order valence-corrected chi connectivity index (χ2v) is 8.16. The van der Waals surface area contributed by atoms with Gasteiger partial charge in [-0.15, -0.1) is 0 Å². The zero-order valence-corrected chi connectivity index (χ0v) is 17.2. The van der Waals surface area contributed by atoms with E-state index >= 15 is 0 Å². The first-order valence-electron chi connectivity index (χ1n) is 9.41. The highest BCUT2D eigenvalue weighted by atomic mass is 79.9. The standard InChI is InChI=1S/C19H23BrN6O2/c1-25-16-15(17(27)24-19(25)28)26(10-11-6-2-3-7-12(11)20)18(23-16)22-14-9-5-4-8-13(14)21/h2-3,6-7,13-14H,4-5,8-10,21H2,1H3,(H,22,23)(H,24,27,28). The van der Waals surface area contributed by atoms with Gasteiger partial charge in [0.2, 0.25) is 5.95 Å². The molecule has 3 aromatic rings. The summed E-state index contributed by atoms with van der Waals surface area (Å²) in [6.07, 6.45) is 4.14. The second kappa shape index (κ2) is 7.56. The van der Waals surface area contributed by atoms with Gasteiger partial charge in [0.15, 0.2) is 11.2 Å². The Bertz CT molecular complexity index is 1130. The quantitative estimate of drug-likeness (QED) is 0.566. The first-order valence-corrected chi connectivity index (χ1v) is 10.2. The van der Waals surface area contributed by atoms with E-state index in [1.54, 1.807) is 7.05 Å².